The van der Waals surface area contributed by atoms with Crippen molar-refractivity contribution in [3.8, 4) is 0 Å². The molecule has 5 aliphatic rings. The highest BCUT2D eigenvalue weighted by Gasteiger charge is 2.70. The Bertz CT molecular complexity index is 1320. The van der Waals surface area contributed by atoms with Gasteiger partial charge in [0, 0.05) is 42.6 Å². The molecule has 4 fully saturated rings. The molecule has 0 radical (unpaired) electrons. The lowest BCUT2D eigenvalue weighted by Crippen LogP contribution is -2.66. The van der Waals surface area contributed by atoms with Gasteiger partial charge in [0.25, 0.3) is 0 Å². The van der Waals surface area contributed by atoms with Gasteiger partial charge in [0.05, 0.1) is 17.3 Å². The summed E-state index contributed by atoms with van der Waals surface area (Å²) in [5.74, 6) is 1.69. The fourth-order valence-corrected chi connectivity index (χ4v) is 12.9. The van der Waals surface area contributed by atoms with Crippen LogP contribution in [0.2, 0.25) is 0 Å². The zero-order chi connectivity index (χ0) is 31.9. The van der Waals surface area contributed by atoms with Crippen LogP contribution in [-0.2, 0) is 20.9 Å². The first-order chi connectivity index (χ1) is 20.6. The number of nitrogens with zero attached hydrogens (tertiary/aromatic N) is 1. The summed E-state index contributed by atoms with van der Waals surface area (Å²) in [5, 5.41) is 17.5. The maximum Gasteiger partial charge on any atom is 0.302 e. The molecule has 1 aromatic rings. The van der Waals surface area contributed by atoms with Crippen LogP contribution in [-0.4, -0.2) is 40.6 Å². The molecule has 5 aliphatic carbocycles. The number of thiazole rings is 1. The highest BCUT2D eigenvalue weighted by atomic mass is 32.1. The molecule has 44 heavy (non-hydrogen) atoms. The smallest absolute Gasteiger partial charge is 0.302 e. The SMILES string of the molecule is CC(=O)OC1CCC2(C)C(CCC3(C)C2CCC2C4=C(C(C)C)C(=O)CC4(C(O)CNCc4cscn4)CCC23C)C1(C)C. The van der Waals surface area contributed by atoms with Crippen LogP contribution >= 0.6 is 11.3 Å². The predicted molar refractivity (Wildman–Crippen MR) is 175 cm³/mol. The molecule has 244 valence electrons. The second-order valence-electron chi connectivity index (χ2n) is 16.9. The van der Waals surface area contributed by atoms with Crippen LogP contribution in [0.15, 0.2) is 22.0 Å². The van der Waals surface area contributed by atoms with Gasteiger partial charge in [0.15, 0.2) is 5.78 Å². The van der Waals surface area contributed by atoms with Crippen LogP contribution in [0.1, 0.15) is 119 Å². The van der Waals surface area contributed by atoms with Crippen LogP contribution in [0.3, 0.4) is 0 Å². The molecule has 1 aromatic heterocycles. The van der Waals surface area contributed by atoms with Gasteiger partial charge in [-0.3, -0.25) is 9.59 Å². The molecule has 0 aliphatic heterocycles. The van der Waals surface area contributed by atoms with E-state index in [0.717, 1.165) is 56.2 Å². The third kappa shape index (κ3) is 4.56. The lowest BCUT2D eigenvalue weighted by molar-refractivity contribution is -0.234. The van der Waals surface area contributed by atoms with E-state index in [1.165, 1.54) is 12.0 Å². The summed E-state index contributed by atoms with van der Waals surface area (Å²) in [6.45, 7) is 19.4. The van der Waals surface area contributed by atoms with Crippen molar-refractivity contribution in [3.63, 3.8) is 0 Å². The van der Waals surface area contributed by atoms with E-state index >= 15 is 0 Å². The number of fused-ring (bicyclic) bond motifs is 7. The molecule has 0 spiro atoms. The van der Waals surface area contributed by atoms with Crippen molar-refractivity contribution in [1.82, 2.24) is 10.3 Å². The van der Waals surface area contributed by atoms with E-state index < -0.39 is 11.5 Å². The average molecular weight is 625 g/mol. The van der Waals surface area contributed by atoms with E-state index in [1.807, 2.05) is 10.9 Å². The van der Waals surface area contributed by atoms with E-state index in [4.69, 9.17) is 4.74 Å². The van der Waals surface area contributed by atoms with Crippen LogP contribution < -0.4 is 5.32 Å². The third-order valence-electron chi connectivity index (χ3n) is 14.5. The lowest BCUT2D eigenvalue weighted by Gasteiger charge is -2.72. The van der Waals surface area contributed by atoms with Crippen molar-refractivity contribution in [2.45, 2.75) is 132 Å². The third-order valence-corrected chi connectivity index (χ3v) is 15.1. The molecule has 0 amide bonds. The van der Waals surface area contributed by atoms with Crippen LogP contribution in [0.5, 0.6) is 0 Å². The summed E-state index contributed by atoms with van der Waals surface area (Å²) in [5.41, 5.74) is 5.09. The second kappa shape index (κ2) is 11.0. The first-order valence-electron chi connectivity index (χ1n) is 17.3. The maximum atomic E-state index is 13.9. The van der Waals surface area contributed by atoms with E-state index in [2.05, 4.69) is 58.8 Å². The van der Waals surface area contributed by atoms with Gasteiger partial charge in [-0.25, -0.2) is 4.98 Å². The molecular formula is C37H56N2O4S. The number of nitrogens with one attached hydrogen (secondary N) is 1. The molecule has 6 rings (SSSR count). The number of allylic oxidation sites excluding steroid dienone is 1. The van der Waals surface area contributed by atoms with Gasteiger partial charge in [0.2, 0.25) is 0 Å². The second-order valence-corrected chi connectivity index (χ2v) is 17.7. The lowest BCUT2D eigenvalue weighted by atomic mass is 9.33. The number of ketones is 1. The Balaban J connectivity index is 1.33. The van der Waals surface area contributed by atoms with Crippen LogP contribution in [0, 0.1) is 50.7 Å². The summed E-state index contributed by atoms with van der Waals surface area (Å²) in [4.78, 5) is 30.3. The Kier molecular flexibility index (Phi) is 8.10. The van der Waals surface area contributed by atoms with E-state index in [9.17, 15) is 14.7 Å². The summed E-state index contributed by atoms with van der Waals surface area (Å²) >= 11 is 1.59. The quantitative estimate of drug-likeness (QED) is 0.305. The van der Waals surface area contributed by atoms with Gasteiger partial charge >= 0.3 is 5.97 Å². The molecule has 9 atom stereocenters. The molecule has 2 N–H and O–H groups in total. The average Bonchev–Trinajstić information content (AvgIpc) is 3.56. The molecule has 0 aromatic carbocycles. The maximum absolute atomic E-state index is 13.9. The van der Waals surface area contributed by atoms with E-state index in [-0.39, 0.29) is 45.4 Å². The fourth-order valence-electron chi connectivity index (χ4n) is 12.3. The first kappa shape index (κ1) is 32.4. The Hall–Kier alpha value is -1.57. The summed E-state index contributed by atoms with van der Waals surface area (Å²) < 4.78 is 5.93. The minimum atomic E-state index is -0.600. The van der Waals surface area contributed by atoms with Gasteiger partial charge in [-0.1, -0.05) is 54.0 Å². The Morgan fingerprint density at radius 2 is 1.80 bits per heavy atom. The summed E-state index contributed by atoms with van der Waals surface area (Å²) in [7, 11) is 0. The van der Waals surface area contributed by atoms with Crippen LogP contribution in [0.4, 0.5) is 0 Å². The van der Waals surface area contributed by atoms with E-state index in [0.29, 0.717) is 37.3 Å². The zero-order valence-corrected chi connectivity index (χ0v) is 29.2. The first-order valence-corrected chi connectivity index (χ1v) is 18.3. The minimum Gasteiger partial charge on any atom is -0.462 e. The van der Waals surface area contributed by atoms with Crippen molar-refractivity contribution >= 4 is 23.1 Å². The van der Waals surface area contributed by atoms with Crippen molar-refractivity contribution in [2.75, 3.05) is 6.54 Å². The van der Waals surface area contributed by atoms with Gasteiger partial charge < -0.3 is 15.2 Å². The van der Waals surface area contributed by atoms with Crippen molar-refractivity contribution < 1.29 is 19.4 Å². The fraction of sp³-hybridized carbons (Fsp3) is 0.811. The normalized spacial score (nSPS) is 41.9. The number of ether oxygens (including phenoxy) is 1. The number of Topliss-reactive ketones (excluding diaryl/α,β-unsaturated/α-hetero) is 1. The molecule has 0 bridgehead atoms. The zero-order valence-electron chi connectivity index (χ0n) is 28.4. The monoisotopic (exact) mass is 624 g/mol. The molecule has 6 nitrogen and oxygen atoms in total. The Morgan fingerprint density at radius 1 is 1.05 bits per heavy atom. The summed E-state index contributed by atoms with van der Waals surface area (Å²) in [6, 6.07) is 0. The molecule has 1 heterocycles. The van der Waals surface area contributed by atoms with Crippen molar-refractivity contribution in [1.29, 1.82) is 0 Å². The number of rotatable bonds is 7. The number of aromatic nitrogens is 1. The molecule has 7 heteroatoms. The highest BCUT2D eigenvalue weighted by Crippen LogP contribution is 2.77. The van der Waals surface area contributed by atoms with Gasteiger partial charge in [0.1, 0.15) is 6.10 Å². The van der Waals surface area contributed by atoms with Gasteiger partial charge in [-0.2, -0.15) is 0 Å². The minimum absolute atomic E-state index is 0.0153. The largest absolute Gasteiger partial charge is 0.462 e. The van der Waals surface area contributed by atoms with Gasteiger partial charge in [-0.05, 0) is 96.9 Å². The standard InChI is InChI=1S/C37H56N2O4S/c1-22(2)31-26(41)17-37(29(42)19-38-18-24-20-44-21-39-24)16-15-35(7)25(32(31)37)9-10-28-34(6)13-12-30(43-23(3)40)33(4,5)27(34)11-14-36(28,35)8/h20-22,25,27-30,38,42H,9-19H2,1-8H3. The van der Waals surface area contributed by atoms with E-state index in [1.54, 1.807) is 18.3 Å². The van der Waals surface area contributed by atoms with Crippen LogP contribution in [0.25, 0.3) is 0 Å². The molecular weight excluding hydrogens is 568 g/mol. The number of aliphatic hydroxyl groups excluding tert-OH is 1. The topological polar surface area (TPSA) is 88.5 Å². The van der Waals surface area contributed by atoms with Crippen molar-refractivity contribution in [3.05, 3.63) is 27.7 Å². The summed E-state index contributed by atoms with van der Waals surface area (Å²) in [6.07, 6.45) is 8.38. The molecule has 0 saturated heterocycles. The number of esters is 1. The number of hydrogen-bond donors (Lipinski definition) is 2. The number of carbonyl (C=O) groups excluding carboxylic acids is 2. The number of carbonyl (C=O) groups is 2. The number of aliphatic hydroxyl groups is 1. The van der Waals surface area contributed by atoms with Crippen molar-refractivity contribution in [2.24, 2.45) is 50.7 Å². The predicted octanol–water partition coefficient (Wildman–Crippen LogP) is 7.51. The molecule has 9 unspecified atom stereocenters. The van der Waals surface area contributed by atoms with Gasteiger partial charge in [-0.15, -0.1) is 11.3 Å². The Labute approximate surface area is 269 Å². The molecule has 4 saturated carbocycles. The number of hydrogen-bond acceptors (Lipinski definition) is 7. The Morgan fingerprint density at radius 3 is 2.45 bits per heavy atom. The highest BCUT2D eigenvalue weighted by molar-refractivity contribution is 7.07.